The van der Waals surface area contributed by atoms with E-state index >= 15 is 0 Å². The van der Waals surface area contributed by atoms with Crippen LogP contribution in [0, 0.1) is 0 Å². The Morgan fingerprint density at radius 2 is 2.06 bits per heavy atom. The van der Waals surface area contributed by atoms with Gasteiger partial charge in [0.25, 0.3) is 0 Å². The molecule has 0 spiro atoms. The number of rotatable bonds is 4. The lowest BCUT2D eigenvalue weighted by atomic mass is 10.1. The van der Waals surface area contributed by atoms with E-state index in [1.54, 1.807) is 7.11 Å². The van der Waals surface area contributed by atoms with Gasteiger partial charge in [-0.2, -0.15) is 0 Å². The lowest BCUT2D eigenvalue weighted by Gasteiger charge is -2.09. The van der Waals surface area contributed by atoms with Crippen molar-refractivity contribution in [3.8, 4) is 11.3 Å². The molecule has 1 atom stereocenters. The van der Waals surface area contributed by atoms with Crippen molar-refractivity contribution >= 4 is 5.97 Å². The van der Waals surface area contributed by atoms with Gasteiger partial charge in [0.2, 0.25) is 0 Å². The Morgan fingerprint density at radius 1 is 1.39 bits per heavy atom. The Balaban J connectivity index is 2.25. The van der Waals surface area contributed by atoms with Crippen LogP contribution in [0.2, 0.25) is 0 Å². The molecule has 0 aliphatic rings. The van der Waals surface area contributed by atoms with E-state index in [4.69, 9.17) is 14.4 Å². The summed E-state index contributed by atoms with van der Waals surface area (Å²) in [6.45, 7) is 1.95. The first kappa shape index (κ1) is 12.3. The molecule has 0 radical (unpaired) electrons. The fraction of sp³-hybridized carbons (Fsp3) is 0.231. The zero-order valence-electron chi connectivity index (χ0n) is 10.1. The summed E-state index contributed by atoms with van der Waals surface area (Å²) in [6, 6.07) is 8.91. The summed E-state index contributed by atoms with van der Waals surface area (Å²) in [5.41, 5.74) is 1.72. The standard InChI is InChI=1S/C13H13NO4/c1-8(17-2)9-3-5-10(6-4-9)12-7-11(13(15)16)14-18-12/h3-8H,1-2H3,(H,15,16). The number of aromatic carboxylic acids is 1. The summed E-state index contributed by atoms with van der Waals surface area (Å²) in [5.74, 6) is -0.668. The molecule has 1 heterocycles. The molecule has 5 heteroatoms. The van der Waals surface area contributed by atoms with E-state index in [2.05, 4.69) is 5.16 Å². The summed E-state index contributed by atoms with van der Waals surface area (Å²) in [5, 5.41) is 12.2. The van der Waals surface area contributed by atoms with Gasteiger partial charge >= 0.3 is 5.97 Å². The number of ether oxygens (including phenoxy) is 1. The van der Waals surface area contributed by atoms with E-state index in [9.17, 15) is 4.79 Å². The monoisotopic (exact) mass is 247 g/mol. The van der Waals surface area contributed by atoms with Gasteiger partial charge in [-0.25, -0.2) is 4.79 Å². The second kappa shape index (κ2) is 5.01. The van der Waals surface area contributed by atoms with Crippen molar-refractivity contribution in [1.29, 1.82) is 0 Å². The number of benzene rings is 1. The van der Waals surface area contributed by atoms with Crippen molar-refractivity contribution in [3.05, 3.63) is 41.6 Å². The second-order valence-electron chi connectivity index (χ2n) is 3.88. The molecule has 0 aliphatic carbocycles. The summed E-state index contributed by atoms with van der Waals surface area (Å²) < 4.78 is 10.2. The fourth-order valence-corrected chi connectivity index (χ4v) is 1.57. The van der Waals surface area contributed by atoms with Gasteiger partial charge < -0.3 is 14.4 Å². The molecule has 2 rings (SSSR count). The molecule has 94 valence electrons. The number of hydrogen-bond donors (Lipinski definition) is 1. The highest BCUT2D eigenvalue weighted by molar-refractivity contribution is 5.86. The van der Waals surface area contributed by atoms with Gasteiger partial charge in [-0.05, 0) is 12.5 Å². The number of aromatic nitrogens is 1. The molecule has 2 aromatic rings. The quantitative estimate of drug-likeness (QED) is 0.899. The van der Waals surface area contributed by atoms with Crippen molar-refractivity contribution < 1.29 is 19.2 Å². The molecule has 0 aliphatic heterocycles. The van der Waals surface area contributed by atoms with E-state index in [1.165, 1.54) is 6.07 Å². The van der Waals surface area contributed by atoms with E-state index in [0.29, 0.717) is 5.76 Å². The minimum Gasteiger partial charge on any atom is -0.476 e. The van der Waals surface area contributed by atoms with Crippen LogP contribution in [0.15, 0.2) is 34.9 Å². The van der Waals surface area contributed by atoms with Crippen LogP contribution in [0.5, 0.6) is 0 Å². The zero-order chi connectivity index (χ0) is 13.1. The minimum atomic E-state index is -1.10. The number of methoxy groups -OCH3 is 1. The van der Waals surface area contributed by atoms with Gasteiger partial charge in [-0.3, -0.25) is 0 Å². The normalized spacial score (nSPS) is 12.3. The Bertz CT molecular complexity index is 544. The molecule has 0 saturated carbocycles. The third-order valence-corrected chi connectivity index (χ3v) is 2.75. The largest absolute Gasteiger partial charge is 0.476 e. The summed E-state index contributed by atoms with van der Waals surface area (Å²) in [6.07, 6.45) is 0.0170. The predicted octanol–water partition coefficient (Wildman–Crippen LogP) is 2.75. The highest BCUT2D eigenvalue weighted by Gasteiger charge is 2.12. The molecule has 0 saturated heterocycles. The van der Waals surface area contributed by atoms with Gasteiger partial charge in [-0.15, -0.1) is 0 Å². The summed E-state index contributed by atoms with van der Waals surface area (Å²) >= 11 is 0. The van der Waals surface area contributed by atoms with Crippen LogP contribution in [0.25, 0.3) is 11.3 Å². The molecule has 0 fully saturated rings. The molecule has 1 aromatic carbocycles. The molecule has 1 aromatic heterocycles. The molecule has 1 N–H and O–H groups in total. The molecule has 1 unspecified atom stereocenters. The second-order valence-corrected chi connectivity index (χ2v) is 3.88. The Labute approximate surface area is 104 Å². The molecule has 18 heavy (non-hydrogen) atoms. The Kier molecular flexibility index (Phi) is 3.43. The van der Waals surface area contributed by atoms with Gasteiger partial charge in [0.1, 0.15) is 0 Å². The molecule has 0 amide bonds. The molecule has 0 bridgehead atoms. The average molecular weight is 247 g/mol. The molecular weight excluding hydrogens is 234 g/mol. The number of carboxylic acid groups (broad SMARTS) is 1. The van der Waals surface area contributed by atoms with Crippen molar-refractivity contribution in [1.82, 2.24) is 5.16 Å². The first-order chi connectivity index (χ1) is 8.61. The summed E-state index contributed by atoms with van der Waals surface area (Å²) in [7, 11) is 1.65. The Hall–Kier alpha value is -2.14. The van der Waals surface area contributed by atoms with Gasteiger partial charge in [0, 0.05) is 18.7 Å². The average Bonchev–Trinajstić information content (AvgIpc) is 2.88. The van der Waals surface area contributed by atoms with Crippen LogP contribution in [-0.4, -0.2) is 23.3 Å². The van der Waals surface area contributed by atoms with Crippen LogP contribution >= 0.6 is 0 Å². The third-order valence-electron chi connectivity index (χ3n) is 2.75. The van der Waals surface area contributed by atoms with Crippen molar-refractivity contribution in [3.63, 3.8) is 0 Å². The smallest absolute Gasteiger partial charge is 0.358 e. The highest BCUT2D eigenvalue weighted by Crippen LogP contribution is 2.23. The zero-order valence-corrected chi connectivity index (χ0v) is 10.1. The number of carbonyl (C=O) groups is 1. The van der Waals surface area contributed by atoms with Crippen LogP contribution in [0.4, 0.5) is 0 Å². The number of hydrogen-bond acceptors (Lipinski definition) is 4. The van der Waals surface area contributed by atoms with Crippen LogP contribution in [0.1, 0.15) is 29.1 Å². The number of nitrogens with zero attached hydrogens (tertiary/aromatic N) is 1. The van der Waals surface area contributed by atoms with E-state index in [0.717, 1.165) is 11.1 Å². The molecular formula is C13H13NO4. The summed E-state index contributed by atoms with van der Waals surface area (Å²) in [4.78, 5) is 10.7. The first-order valence-electron chi connectivity index (χ1n) is 5.45. The highest BCUT2D eigenvalue weighted by atomic mass is 16.5. The molecule has 5 nitrogen and oxygen atoms in total. The van der Waals surface area contributed by atoms with E-state index in [1.807, 2.05) is 31.2 Å². The Morgan fingerprint density at radius 3 is 2.56 bits per heavy atom. The lowest BCUT2D eigenvalue weighted by molar-refractivity contribution is 0.0686. The van der Waals surface area contributed by atoms with Gasteiger partial charge in [0.05, 0.1) is 6.10 Å². The van der Waals surface area contributed by atoms with Gasteiger partial charge in [0.15, 0.2) is 11.5 Å². The van der Waals surface area contributed by atoms with Crippen LogP contribution < -0.4 is 0 Å². The predicted molar refractivity (Wildman–Crippen MR) is 64.3 cm³/mol. The minimum absolute atomic E-state index is 0.0170. The topological polar surface area (TPSA) is 72.6 Å². The fourth-order valence-electron chi connectivity index (χ4n) is 1.57. The lowest BCUT2D eigenvalue weighted by Crippen LogP contribution is -1.95. The number of carboxylic acids is 1. The van der Waals surface area contributed by atoms with Crippen molar-refractivity contribution in [2.24, 2.45) is 0 Å². The van der Waals surface area contributed by atoms with Crippen molar-refractivity contribution in [2.45, 2.75) is 13.0 Å². The van der Waals surface area contributed by atoms with Crippen LogP contribution in [0.3, 0.4) is 0 Å². The third kappa shape index (κ3) is 2.41. The maximum Gasteiger partial charge on any atom is 0.358 e. The SMILES string of the molecule is COC(C)c1ccc(-c2cc(C(=O)O)no2)cc1. The van der Waals surface area contributed by atoms with Crippen LogP contribution in [-0.2, 0) is 4.74 Å². The van der Waals surface area contributed by atoms with E-state index < -0.39 is 5.97 Å². The first-order valence-corrected chi connectivity index (χ1v) is 5.45. The van der Waals surface area contributed by atoms with Gasteiger partial charge in [-0.1, -0.05) is 29.4 Å². The maximum absolute atomic E-state index is 10.7. The van der Waals surface area contributed by atoms with Crippen molar-refractivity contribution in [2.75, 3.05) is 7.11 Å². The maximum atomic E-state index is 10.7. The van der Waals surface area contributed by atoms with E-state index in [-0.39, 0.29) is 11.8 Å².